The molecule has 0 bridgehead atoms. The number of para-hydroxylation sites is 2. The zero-order valence-corrected chi connectivity index (χ0v) is 15.2. The van der Waals surface area contributed by atoms with E-state index in [1.54, 1.807) is 6.07 Å². The first-order valence-corrected chi connectivity index (χ1v) is 9.09. The predicted molar refractivity (Wildman–Crippen MR) is 102 cm³/mol. The third-order valence-corrected chi connectivity index (χ3v) is 5.05. The van der Waals surface area contributed by atoms with Crippen LogP contribution in [0.3, 0.4) is 0 Å². The van der Waals surface area contributed by atoms with E-state index in [1.807, 2.05) is 45.9 Å². The van der Waals surface area contributed by atoms with Gasteiger partial charge in [0, 0.05) is 6.04 Å². The summed E-state index contributed by atoms with van der Waals surface area (Å²) in [5, 5.41) is 2.95. The van der Waals surface area contributed by atoms with Crippen molar-refractivity contribution in [2.45, 2.75) is 19.4 Å². The Bertz CT molecular complexity index is 802. The van der Waals surface area contributed by atoms with Crippen LogP contribution in [-0.4, -0.2) is 31.3 Å². The average molecular weight is 373 g/mol. The van der Waals surface area contributed by atoms with Crippen LogP contribution in [0.2, 0.25) is 0 Å². The van der Waals surface area contributed by atoms with Crippen molar-refractivity contribution in [1.82, 2.24) is 5.32 Å². The lowest BCUT2D eigenvalue weighted by Crippen LogP contribution is -2.40. The summed E-state index contributed by atoms with van der Waals surface area (Å²) in [4.78, 5) is 23.3. The first kappa shape index (κ1) is 18.3. The van der Waals surface area contributed by atoms with Gasteiger partial charge in [-0.15, -0.1) is 0 Å². The number of amides is 1. The molecule has 0 saturated heterocycles. The fourth-order valence-electron chi connectivity index (χ4n) is 2.93. The van der Waals surface area contributed by atoms with Crippen molar-refractivity contribution in [3.05, 3.63) is 59.9 Å². The van der Waals surface area contributed by atoms with Crippen molar-refractivity contribution >= 4 is 35.7 Å². The maximum atomic E-state index is 13.3. The number of nitrogens with zero attached hydrogens (tertiary/aromatic N) is 2. The van der Waals surface area contributed by atoms with Crippen LogP contribution in [0.4, 0.5) is 15.8 Å². The largest absolute Gasteiger partial charge is 0.352 e. The highest BCUT2D eigenvalue weighted by Gasteiger charge is 2.28. The first-order chi connectivity index (χ1) is 12.6. The molecule has 0 fully saturated rings. The summed E-state index contributed by atoms with van der Waals surface area (Å²) >= 11 is 1.35. The highest BCUT2D eigenvalue weighted by Crippen LogP contribution is 2.43. The first-order valence-electron chi connectivity index (χ1n) is 8.36. The van der Waals surface area contributed by atoms with Gasteiger partial charge in [-0.1, -0.05) is 24.3 Å². The number of hydrogen-bond donors (Lipinski definition) is 1. The number of carbonyl (C=O) groups is 2. The standard InChI is InChI=1S/C19H20FN3O2S/c1-14(11-15-5-4-6-16(20)12-15)21-19(25)13-23-18-8-3-2-7-17(18)22(26-23)9-10-24/h2-8,10,12,14H,9,11,13H2,1H3,(H,21,25). The van der Waals surface area contributed by atoms with E-state index in [0.717, 1.165) is 23.2 Å². The molecule has 0 aliphatic carbocycles. The molecule has 136 valence electrons. The Morgan fingerprint density at radius 1 is 1.19 bits per heavy atom. The number of nitrogens with one attached hydrogen (secondary N) is 1. The van der Waals surface area contributed by atoms with E-state index in [1.165, 1.54) is 24.3 Å². The summed E-state index contributed by atoms with van der Waals surface area (Å²) < 4.78 is 17.0. The van der Waals surface area contributed by atoms with Gasteiger partial charge in [-0.05, 0) is 43.2 Å². The molecule has 1 aliphatic heterocycles. The van der Waals surface area contributed by atoms with Crippen LogP contribution in [0.15, 0.2) is 48.5 Å². The van der Waals surface area contributed by atoms with Gasteiger partial charge in [0.2, 0.25) is 5.91 Å². The van der Waals surface area contributed by atoms with Crippen molar-refractivity contribution in [3.8, 4) is 0 Å². The topological polar surface area (TPSA) is 52.7 Å². The van der Waals surface area contributed by atoms with Crippen molar-refractivity contribution in [3.63, 3.8) is 0 Å². The molecule has 1 amide bonds. The third-order valence-electron chi connectivity index (χ3n) is 3.98. The van der Waals surface area contributed by atoms with E-state index in [-0.39, 0.29) is 30.9 Å². The normalized spacial score (nSPS) is 14.1. The molecule has 0 saturated carbocycles. The van der Waals surface area contributed by atoms with Crippen LogP contribution in [0.5, 0.6) is 0 Å². The number of halogens is 1. The molecule has 1 unspecified atom stereocenters. The number of benzene rings is 2. The van der Waals surface area contributed by atoms with Crippen molar-refractivity contribution in [2.75, 3.05) is 21.7 Å². The predicted octanol–water partition coefficient (Wildman–Crippen LogP) is 2.96. The highest BCUT2D eigenvalue weighted by atomic mass is 32.2. The molecule has 26 heavy (non-hydrogen) atoms. The zero-order valence-electron chi connectivity index (χ0n) is 14.4. The summed E-state index contributed by atoms with van der Waals surface area (Å²) in [5.41, 5.74) is 2.67. The van der Waals surface area contributed by atoms with Crippen LogP contribution >= 0.6 is 12.1 Å². The molecule has 5 nitrogen and oxygen atoms in total. The minimum Gasteiger partial charge on any atom is -0.352 e. The fourth-order valence-corrected chi connectivity index (χ4v) is 3.95. The van der Waals surface area contributed by atoms with Gasteiger partial charge in [-0.2, -0.15) is 0 Å². The summed E-state index contributed by atoms with van der Waals surface area (Å²) in [6.07, 6.45) is 1.40. The second-order valence-electron chi connectivity index (χ2n) is 6.14. The summed E-state index contributed by atoms with van der Waals surface area (Å²) in [6, 6.07) is 13.9. The summed E-state index contributed by atoms with van der Waals surface area (Å²) in [6.45, 7) is 2.33. The fraction of sp³-hybridized carbons (Fsp3) is 0.263. The van der Waals surface area contributed by atoms with Crippen molar-refractivity contribution in [2.24, 2.45) is 0 Å². The molecule has 1 aliphatic rings. The third kappa shape index (κ3) is 4.35. The molecule has 0 radical (unpaired) electrons. The SMILES string of the molecule is CC(Cc1cccc(F)c1)NC(=O)CN1SN(CC=O)c2ccccc21. The Balaban J connectivity index is 1.59. The van der Waals surface area contributed by atoms with Crippen LogP contribution in [0.25, 0.3) is 0 Å². The van der Waals surface area contributed by atoms with Gasteiger partial charge in [0.25, 0.3) is 0 Å². The second-order valence-corrected chi connectivity index (χ2v) is 7.18. The van der Waals surface area contributed by atoms with Gasteiger partial charge in [0.05, 0.1) is 30.1 Å². The number of rotatable bonds is 7. The number of aldehydes is 1. The maximum absolute atomic E-state index is 13.3. The van der Waals surface area contributed by atoms with Crippen molar-refractivity contribution < 1.29 is 14.0 Å². The van der Waals surface area contributed by atoms with E-state index >= 15 is 0 Å². The van der Waals surface area contributed by atoms with Crippen LogP contribution in [-0.2, 0) is 16.0 Å². The molecule has 2 aromatic carbocycles. The van der Waals surface area contributed by atoms with Gasteiger partial charge in [0.1, 0.15) is 18.6 Å². The Hall–Kier alpha value is -2.54. The molecule has 0 aromatic heterocycles. The minimum atomic E-state index is -0.277. The van der Waals surface area contributed by atoms with Gasteiger partial charge in [0.15, 0.2) is 0 Å². The molecule has 3 rings (SSSR count). The number of anilines is 2. The Morgan fingerprint density at radius 3 is 2.62 bits per heavy atom. The van der Waals surface area contributed by atoms with E-state index in [0.29, 0.717) is 6.42 Å². The summed E-state index contributed by atoms with van der Waals surface area (Å²) in [5.74, 6) is -0.398. The lowest BCUT2D eigenvalue weighted by Gasteiger charge is -2.20. The number of hydrogen-bond acceptors (Lipinski definition) is 5. The molecule has 2 aromatic rings. The highest BCUT2D eigenvalue weighted by molar-refractivity contribution is 8.02. The second kappa shape index (κ2) is 8.23. The lowest BCUT2D eigenvalue weighted by molar-refractivity contribution is -0.120. The minimum absolute atomic E-state index is 0.113. The molecular formula is C19H20FN3O2S. The Morgan fingerprint density at radius 2 is 1.92 bits per heavy atom. The summed E-state index contributed by atoms with van der Waals surface area (Å²) in [7, 11) is 0. The van der Waals surface area contributed by atoms with Crippen LogP contribution in [0, 0.1) is 5.82 Å². The zero-order chi connectivity index (χ0) is 18.5. The smallest absolute Gasteiger partial charge is 0.240 e. The van der Waals surface area contributed by atoms with Gasteiger partial charge in [-0.3, -0.25) is 13.4 Å². The van der Waals surface area contributed by atoms with E-state index in [2.05, 4.69) is 5.32 Å². The molecule has 1 atom stereocenters. The average Bonchev–Trinajstić information content (AvgIpc) is 2.93. The van der Waals surface area contributed by atoms with E-state index < -0.39 is 0 Å². The Labute approximate surface area is 156 Å². The Kier molecular flexibility index (Phi) is 5.78. The lowest BCUT2D eigenvalue weighted by atomic mass is 10.1. The molecular weight excluding hydrogens is 353 g/mol. The monoisotopic (exact) mass is 373 g/mol. The molecule has 1 N–H and O–H groups in total. The van der Waals surface area contributed by atoms with Gasteiger partial charge < -0.3 is 10.1 Å². The molecule has 7 heteroatoms. The van der Waals surface area contributed by atoms with Crippen molar-refractivity contribution in [1.29, 1.82) is 0 Å². The molecule has 1 heterocycles. The van der Waals surface area contributed by atoms with Crippen LogP contribution < -0.4 is 13.9 Å². The maximum Gasteiger partial charge on any atom is 0.240 e. The van der Waals surface area contributed by atoms with Gasteiger partial charge >= 0.3 is 0 Å². The van der Waals surface area contributed by atoms with E-state index in [9.17, 15) is 14.0 Å². The van der Waals surface area contributed by atoms with Crippen LogP contribution in [0.1, 0.15) is 12.5 Å². The molecule has 0 spiro atoms. The van der Waals surface area contributed by atoms with E-state index in [4.69, 9.17) is 0 Å². The van der Waals surface area contributed by atoms with Gasteiger partial charge in [-0.25, -0.2) is 4.39 Å². The number of carbonyl (C=O) groups excluding carboxylic acids is 2. The quantitative estimate of drug-likeness (QED) is 0.597. The number of fused-ring (bicyclic) bond motifs is 1.